The Kier molecular flexibility index (Phi) is 5.59. The van der Waals surface area contributed by atoms with Gasteiger partial charge in [0.15, 0.2) is 5.54 Å². The first-order valence-electron chi connectivity index (χ1n) is 9.75. The molecule has 2 amide bonds. The van der Waals surface area contributed by atoms with Crippen LogP contribution >= 0.6 is 0 Å². The van der Waals surface area contributed by atoms with Gasteiger partial charge in [0.05, 0.1) is 11.3 Å². The van der Waals surface area contributed by atoms with Crippen LogP contribution in [0.4, 0.5) is 10.5 Å². The number of para-hydroxylation sites is 1. The summed E-state index contributed by atoms with van der Waals surface area (Å²) in [4.78, 5) is 39.9. The maximum absolute atomic E-state index is 13.4. The molecule has 162 valence electrons. The third-order valence-corrected chi connectivity index (χ3v) is 4.87. The van der Waals surface area contributed by atoms with Crippen molar-refractivity contribution in [2.24, 2.45) is 5.10 Å². The van der Waals surface area contributed by atoms with Crippen molar-refractivity contribution in [3.63, 3.8) is 0 Å². The molecule has 0 saturated heterocycles. The van der Waals surface area contributed by atoms with Crippen LogP contribution in [0.15, 0.2) is 59.7 Å². The molecule has 1 heterocycles. The summed E-state index contributed by atoms with van der Waals surface area (Å²) in [5, 5.41) is 15.3. The van der Waals surface area contributed by atoms with Crippen LogP contribution in [0.25, 0.3) is 0 Å². The van der Waals surface area contributed by atoms with E-state index < -0.39 is 29.1 Å². The molecule has 1 aliphatic heterocycles. The van der Waals surface area contributed by atoms with Crippen LogP contribution in [0.1, 0.15) is 43.6 Å². The van der Waals surface area contributed by atoms with Crippen LogP contribution in [0.3, 0.4) is 0 Å². The number of hydrogen-bond donors (Lipinski definition) is 1. The van der Waals surface area contributed by atoms with E-state index in [0.29, 0.717) is 11.3 Å². The first kappa shape index (κ1) is 22.0. The predicted molar refractivity (Wildman–Crippen MR) is 116 cm³/mol. The van der Waals surface area contributed by atoms with E-state index in [9.17, 15) is 19.5 Å². The molecule has 2 aromatic carbocycles. The lowest BCUT2D eigenvalue weighted by molar-refractivity contribution is -0.131. The van der Waals surface area contributed by atoms with Crippen LogP contribution in [-0.4, -0.2) is 52.0 Å². The number of carboxylic acids is 1. The fourth-order valence-corrected chi connectivity index (χ4v) is 3.52. The average molecular weight is 423 g/mol. The van der Waals surface area contributed by atoms with Gasteiger partial charge in [-0.05, 0) is 39.8 Å². The molecular weight excluding hydrogens is 398 g/mol. The second kappa shape index (κ2) is 7.86. The second-order valence-corrected chi connectivity index (χ2v) is 8.35. The van der Waals surface area contributed by atoms with Gasteiger partial charge in [-0.15, -0.1) is 0 Å². The molecule has 1 aliphatic rings. The minimum absolute atomic E-state index is 0.0408. The van der Waals surface area contributed by atoms with Crippen molar-refractivity contribution in [3.05, 3.63) is 65.7 Å². The van der Waals surface area contributed by atoms with E-state index in [0.717, 1.165) is 9.91 Å². The van der Waals surface area contributed by atoms with Gasteiger partial charge in [-0.2, -0.15) is 5.10 Å². The van der Waals surface area contributed by atoms with Gasteiger partial charge in [0.1, 0.15) is 11.3 Å². The third kappa shape index (κ3) is 4.01. The maximum Gasteiger partial charge on any atom is 0.416 e. The molecule has 0 fully saturated rings. The predicted octanol–water partition coefficient (Wildman–Crippen LogP) is 3.76. The topological polar surface area (TPSA) is 99.5 Å². The monoisotopic (exact) mass is 423 g/mol. The standard InChI is InChI=1S/C23H25N3O5/c1-22(2,3)31-21(30)26(17-14-10-9-13-16(17)19(27)28)23(4)18(24-25(5)20(23)29)15-11-7-6-8-12-15/h6-14H,1-5H3,(H,27,28). The van der Waals surface area contributed by atoms with Gasteiger partial charge < -0.3 is 9.84 Å². The van der Waals surface area contributed by atoms with Crippen LogP contribution < -0.4 is 4.90 Å². The molecule has 31 heavy (non-hydrogen) atoms. The summed E-state index contributed by atoms with van der Waals surface area (Å²) >= 11 is 0. The number of amides is 2. The minimum atomic E-state index is -1.63. The summed E-state index contributed by atoms with van der Waals surface area (Å²) in [6, 6.07) is 15.0. The summed E-state index contributed by atoms with van der Waals surface area (Å²) in [5.41, 5.74) is -1.66. The van der Waals surface area contributed by atoms with E-state index in [1.54, 1.807) is 64.1 Å². The number of likely N-dealkylation sites (N-methyl/N-ethyl adjacent to an activating group) is 1. The molecule has 1 atom stereocenters. The van der Waals surface area contributed by atoms with E-state index in [2.05, 4.69) is 5.10 Å². The van der Waals surface area contributed by atoms with Crippen molar-refractivity contribution in [3.8, 4) is 0 Å². The third-order valence-electron chi connectivity index (χ3n) is 4.87. The maximum atomic E-state index is 13.4. The number of hydrogen-bond acceptors (Lipinski definition) is 5. The number of hydrazone groups is 1. The van der Waals surface area contributed by atoms with Gasteiger partial charge in [-0.25, -0.2) is 14.6 Å². The van der Waals surface area contributed by atoms with Crippen molar-refractivity contribution in [1.29, 1.82) is 0 Å². The fourth-order valence-electron chi connectivity index (χ4n) is 3.52. The number of ether oxygens (including phenoxy) is 1. The number of carbonyl (C=O) groups excluding carboxylic acids is 2. The van der Waals surface area contributed by atoms with Crippen molar-refractivity contribution in [1.82, 2.24) is 5.01 Å². The molecule has 8 heteroatoms. The second-order valence-electron chi connectivity index (χ2n) is 8.35. The van der Waals surface area contributed by atoms with Gasteiger partial charge in [-0.3, -0.25) is 9.69 Å². The minimum Gasteiger partial charge on any atom is -0.478 e. The highest BCUT2D eigenvalue weighted by Gasteiger charge is 2.55. The van der Waals surface area contributed by atoms with E-state index in [-0.39, 0.29) is 11.3 Å². The average Bonchev–Trinajstić information content (AvgIpc) is 2.92. The number of nitrogens with zero attached hydrogens (tertiary/aromatic N) is 3. The van der Waals surface area contributed by atoms with Crippen molar-refractivity contribution in [2.45, 2.75) is 38.8 Å². The summed E-state index contributed by atoms with van der Waals surface area (Å²) in [6.45, 7) is 6.64. The van der Waals surface area contributed by atoms with Crippen LogP contribution in [-0.2, 0) is 9.53 Å². The molecule has 3 rings (SSSR count). The first-order valence-corrected chi connectivity index (χ1v) is 9.75. The number of carboxylic acid groups (broad SMARTS) is 1. The summed E-state index contributed by atoms with van der Waals surface area (Å²) < 4.78 is 5.60. The molecular formula is C23H25N3O5. The Morgan fingerprint density at radius 3 is 2.23 bits per heavy atom. The Labute approximate surface area is 180 Å². The largest absolute Gasteiger partial charge is 0.478 e. The van der Waals surface area contributed by atoms with E-state index in [1.807, 2.05) is 6.07 Å². The number of rotatable bonds is 4. The Hall–Kier alpha value is -3.68. The van der Waals surface area contributed by atoms with Crippen LogP contribution in [0.5, 0.6) is 0 Å². The lowest BCUT2D eigenvalue weighted by atomic mass is 9.87. The molecule has 2 aromatic rings. The molecule has 8 nitrogen and oxygen atoms in total. The summed E-state index contributed by atoms with van der Waals surface area (Å²) in [6.07, 6.45) is -0.851. The Morgan fingerprint density at radius 2 is 1.65 bits per heavy atom. The van der Waals surface area contributed by atoms with E-state index >= 15 is 0 Å². The highest BCUT2D eigenvalue weighted by molar-refractivity contribution is 6.28. The molecule has 1 N–H and O–H groups in total. The molecule has 0 spiro atoms. The van der Waals surface area contributed by atoms with Crippen molar-refractivity contribution < 1.29 is 24.2 Å². The van der Waals surface area contributed by atoms with Gasteiger partial charge in [-0.1, -0.05) is 42.5 Å². The highest BCUT2D eigenvalue weighted by atomic mass is 16.6. The van der Waals surface area contributed by atoms with Gasteiger partial charge in [0, 0.05) is 12.6 Å². The lowest BCUT2D eigenvalue weighted by Gasteiger charge is -2.38. The van der Waals surface area contributed by atoms with E-state index in [4.69, 9.17) is 4.74 Å². The fraction of sp³-hybridized carbons (Fsp3) is 0.304. The van der Waals surface area contributed by atoms with Gasteiger partial charge in [0.2, 0.25) is 0 Å². The van der Waals surface area contributed by atoms with Crippen molar-refractivity contribution in [2.75, 3.05) is 11.9 Å². The SMILES string of the molecule is CN1N=C(c2ccccc2)C(C)(N(C(=O)OC(C)(C)C)c2ccccc2C(=O)O)C1=O. The zero-order valence-corrected chi connectivity index (χ0v) is 18.1. The van der Waals surface area contributed by atoms with Crippen molar-refractivity contribution >= 4 is 29.4 Å². The van der Waals surface area contributed by atoms with Crippen LogP contribution in [0.2, 0.25) is 0 Å². The molecule has 0 bridgehead atoms. The number of carbonyl (C=O) groups is 3. The van der Waals surface area contributed by atoms with Gasteiger partial charge >= 0.3 is 12.1 Å². The Bertz CT molecular complexity index is 1060. The summed E-state index contributed by atoms with van der Waals surface area (Å²) in [7, 11) is 1.49. The number of anilines is 1. The first-order chi connectivity index (χ1) is 14.5. The Balaban J connectivity index is 2.28. The zero-order chi connectivity index (χ0) is 23.0. The molecule has 1 unspecified atom stereocenters. The smallest absolute Gasteiger partial charge is 0.416 e. The molecule has 0 saturated carbocycles. The van der Waals surface area contributed by atoms with Crippen LogP contribution in [0, 0.1) is 0 Å². The zero-order valence-electron chi connectivity index (χ0n) is 18.1. The molecule has 0 aromatic heterocycles. The highest BCUT2D eigenvalue weighted by Crippen LogP contribution is 2.36. The molecule has 0 radical (unpaired) electrons. The molecule has 0 aliphatic carbocycles. The van der Waals surface area contributed by atoms with Gasteiger partial charge in [0.25, 0.3) is 5.91 Å². The number of benzene rings is 2. The van der Waals surface area contributed by atoms with E-state index in [1.165, 1.54) is 19.2 Å². The quantitative estimate of drug-likeness (QED) is 0.807. The number of aromatic carboxylic acids is 1. The normalized spacial score (nSPS) is 18.5. The Morgan fingerprint density at radius 1 is 1.06 bits per heavy atom. The lowest BCUT2D eigenvalue weighted by Crippen LogP contribution is -2.61. The summed E-state index contributed by atoms with van der Waals surface area (Å²) in [5.74, 6) is -1.72.